The Kier molecular flexibility index (Phi) is 5.33. The topological polar surface area (TPSA) is 113 Å². The number of nitro groups is 1. The molecule has 0 aliphatic heterocycles. The highest BCUT2D eigenvalue weighted by Crippen LogP contribution is 2.29. The van der Waals surface area contributed by atoms with Crippen molar-refractivity contribution in [2.24, 2.45) is 0 Å². The first-order valence-electron chi connectivity index (χ1n) is 6.38. The zero-order chi connectivity index (χ0) is 17.9. The van der Waals surface area contributed by atoms with Crippen LogP contribution in [0.3, 0.4) is 0 Å². The molecule has 0 spiro atoms. The fourth-order valence-corrected chi connectivity index (χ4v) is 3.68. The Labute approximate surface area is 147 Å². The molecule has 0 radical (unpaired) electrons. The number of hydrogen-bond donors (Lipinski definition) is 1. The van der Waals surface area contributed by atoms with E-state index in [0.29, 0.717) is 16.1 Å². The number of halogens is 1. The second-order valence-corrected chi connectivity index (χ2v) is 7.59. The molecule has 7 nitrogen and oxygen atoms in total. The Morgan fingerprint density at radius 1 is 1.29 bits per heavy atom. The van der Waals surface area contributed by atoms with Gasteiger partial charge in [-0.15, -0.1) is 0 Å². The second kappa shape index (κ2) is 7.09. The zero-order valence-corrected chi connectivity index (χ0v) is 14.6. The quantitative estimate of drug-likeness (QED) is 0.362. The molecule has 0 amide bonds. The summed E-state index contributed by atoms with van der Waals surface area (Å²) in [5, 5.41) is 21.3. The maximum absolute atomic E-state index is 12.4. The van der Waals surface area contributed by atoms with Crippen LogP contribution in [-0.2, 0) is 10.0 Å². The molecule has 0 heterocycles. The van der Waals surface area contributed by atoms with Gasteiger partial charge in [-0.2, -0.15) is 5.26 Å². The van der Waals surface area contributed by atoms with Gasteiger partial charge in [0, 0.05) is 11.0 Å². The first kappa shape index (κ1) is 18.1. The van der Waals surface area contributed by atoms with E-state index in [1.807, 2.05) is 5.40 Å². The number of sulfonamides is 1. The number of nitrogens with one attached hydrogen (secondary N) is 1. The highest BCUT2D eigenvalue weighted by Gasteiger charge is 2.21. The number of nitrogens with zero attached hydrogens (tertiary/aromatic N) is 2. The van der Waals surface area contributed by atoms with Crippen molar-refractivity contribution >= 4 is 44.8 Å². The molecule has 0 unspecified atom stereocenters. The molecule has 0 fully saturated rings. The lowest BCUT2D eigenvalue weighted by molar-refractivity contribution is -0.384. The van der Waals surface area contributed by atoms with Crippen molar-refractivity contribution in [1.29, 1.82) is 5.26 Å². The third-order valence-electron chi connectivity index (χ3n) is 3.03. The molecule has 0 aromatic heterocycles. The molecule has 2 aromatic carbocycles. The lowest BCUT2D eigenvalue weighted by Gasteiger charge is -2.11. The molecule has 0 saturated carbocycles. The van der Waals surface area contributed by atoms with Gasteiger partial charge in [0.15, 0.2) is 0 Å². The first-order chi connectivity index (χ1) is 11.2. The van der Waals surface area contributed by atoms with Gasteiger partial charge in [0.05, 0.1) is 15.5 Å². The van der Waals surface area contributed by atoms with Crippen molar-refractivity contribution in [3.63, 3.8) is 0 Å². The summed E-state index contributed by atoms with van der Waals surface area (Å²) < 4.78 is 27.2. The fourth-order valence-electron chi connectivity index (χ4n) is 1.87. The van der Waals surface area contributed by atoms with Crippen molar-refractivity contribution in [3.05, 3.63) is 57.1 Å². The van der Waals surface area contributed by atoms with Crippen molar-refractivity contribution in [1.82, 2.24) is 0 Å². The predicted molar refractivity (Wildman–Crippen MR) is 91.6 cm³/mol. The van der Waals surface area contributed by atoms with Crippen LogP contribution in [0.25, 0.3) is 0 Å². The van der Waals surface area contributed by atoms with Crippen LogP contribution < -0.4 is 4.72 Å². The predicted octanol–water partition coefficient (Wildman–Crippen LogP) is 3.93. The van der Waals surface area contributed by atoms with Crippen molar-refractivity contribution < 1.29 is 13.3 Å². The van der Waals surface area contributed by atoms with Crippen LogP contribution in [0.5, 0.6) is 0 Å². The minimum absolute atomic E-state index is 0.145. The second-order valence-electron chi connectivity index (χ2n) is 4.65. The number of aryl methyl sites for hydroxylation is 1. The van der Waals surface area contributed by atoms with E-state index in [0.717, 1.165) is 23.9 Å². The summed E-state index contributed by atoms with van der Waals surface area (Å²) in [5.41, 5.74) is 0.439. The fraction of sp³-hybridized carbons (Fsp3) is 0.0714. The molecular formula is C14H10ClN3O4S2. The summed E-state index contributed by atoms with van der Waals surface area (Å²) in [6, 6.07) is 8.04. The van der Waals surface area contributed by atoms with E-state index < -0.39 is 20.6 Å². The molecule has 2 aromatic rings. The number of nitriles is 1. The van der Waals surface area contributed by atoms with E-state index >= 15 is 0 Å². The molecule has 0 aliphatic rings. The summed E-state index contributed by atoms with van der Waals surface area (Å²) >= 11 is 6.65. The normalized spacial score (nSPS) is 10.9. The number of anilines is 1. The Morgan fingerprint density at radius 3 is 2.58 bits per heavy atom. The highest BCUT2D eigenvalue weighted by atomic mass is 35.5. The standard InChI is InChI=1S/C14H10ClN3O4S2/c1-9-6-10(23-8-16)2-5-13(9)17-24(21,22)11-3-4-12(15)14(7-11)18(19)20/h2-7,17H,1H3. The van der Waals surface area contributed by atoms with Crippen LogP contribution in [0, 0.1) is 27.7 Å². The minimum atomic E-state index is -4.02. The van der Waals surface area contributed by atoms with Gasteiger partial charge in [0.2, 0.25) is 0 Å². The molecule has 24 heavy (non-hydrogen) atoms. The van der Waals surface area contributed by atoms with Crippen molar-refractivity contribution in [2.45, 2.75) is 16.7 Å². The summed E-state index contributed by atoms with van der Waals surface area (Å²) in [4.78, 5) is 10.6. The molecule has 10 heteroatoms. The average molecular weight is 384 g/mol. The summed E-state index contributed by atoms with van der Waals surface area (Å²) in [6.45, 7) is 1.68. The van der Waals surface area contributed by atoms with E-state index in [-0.39, 0.29) is 9.92 Å². The molecule has 0 atom stereocenters. The molecule has 1 N–H and O–H groups in total. The number of nitro benzene ring substituents is 1. The Morgan fingerprint density at radius 2 is 2.00 bits per heavy atom. The van der Waals surface area contributed by atoms with Gasteiger partial charge in [0.1, 0.15) is 10.4 Å². The van der Waals surface area contributed by atoms with Gasteiger partial charge in [-0.25, -0.2) is 8.42 Å². The van der Waals surface area contributed by atoms with Crippen LogP contribution in [0.4, 0.5) is 11.4 Å². The van der Waals surface area contributed by atoms with E-state index in [4.69, 9.17) is 16.9 Å². The average Bonchev–Trinajstić information content (AvgIpc) is 2.50. The van der Waals surface area contributed by atoms with Crippen molar-refractivity contribution in [2.75, 3.05) is 4.72 Å². The Balaban J connectivity index is 2.37. The summed E-state index contributed by atoms with van der Waals surface area (Å²) in [6.07, 6.45) is 0. The zero-order valence-electron chi connectivity index (χ0n) is 12.2. The number of rotatable bonds is 5. The van der Waals surface area contributed by atoms with Crippen LogP contribution in [-0.4, -0.2) is 13.3 Å². The van der Waals surface area contributed by atoms with Gasteiger partial charge >= 0.3 is 0 Å². The Bertz CT molecular complexity index is 955. The largest absolute Gasteiger partial charge is 0.289 e. The lowest BCUT2D eigenvalue weighted by atomic mass is 10.2. The van der Waals surface area contributed by atoms with Crippen LogP contribution >= 0.6 is 23.4 Å². The van der Waals surface area contributed by atoms with Crippen LogP contribution in [0.15, 0.2) is 46.2 Å². The minimum Gasteiger partial charge on any atom is -0.279 e. The van der Waals surface area contributed by atoms with E-state index in [2.05, 4.69) is 4.72 Å². The van der Waals surface area contributed by atoms with Crippen LogP contribution in [0.2, 0.25) is 5.02 Å². The monoisotopic (exact) mass is 383 g/mol. The molecule has 0 aliphatic carbocycles. The van der Waals surface area contributed by atoms with Gasteiger partial charge in [-0.05, 0) is 54.6 Å². The van der Waals surface area contributed by atoms with Gasteiger partial charge in [-0.1, -0.05) is 11.6 Å². The molecule has 0 saturated heterocycles. The molecule has 124 valence electrons. The van der Waals surface area contributed by atoms with Gasteiger partial charge in [0.25, 0.3) is 15.7 Å². The third kappa shape index (κ3) is 3.97. The van der Waals surface area contributed by atoms with Crippen LogP contribution in [0.1, 0.15) is 5.56 Å². The molecular weight excluding hydrogens is 374 g/mol. The maximum atomic E-state index is 12.4. The SMILES string of the molecule is Cc1cc(SC#N)ccc1NS(=O)(=O)c1ccc(Cl)c([N+](=O)[O-])c1. The highest BCUT2D eigenvalue weighted by molar-refractivity contribution is 8.03. The third-order valence-corrected chi connectivity index (χ3v) is 5.29. The number of thioether (sulfide) groups is 1. The molecule has 0 bridgehead atoms. The van der Waals surface area contributed by atoms with Crippen molar-refractivity contribution in [3.8, 4) is 5.40 Å². The van der Waals surface area contributed by atoms with Gasteiger partial charge in [-0.3, -0.25) is 14.8 Å². The molecule has 2 rings (SSSR count). The van der Waals surface area contributed by atoms with E-state index in [9.17, 15) is 18.5 Å². The Hall–Kier alpha value is -2.28. The smallest absolute Gasteiger partial charge is 0.279 e. The van der Waals surface area contributed by atoms with E-state index in [1.54, 1.807) is 19.1 Å². The summed E-state index contributed by atoms with van der Waals surface area (Å²) in [7, 11) is -4.02. The maximum Gasteiger partial charge on any atom is 0.289 e. The number of thiocyanates is 1. The number of benzene rings is 2. The lowest BCUT2D eigenvalue weighted by Crippen LogP contribution is -2.14. The summed E-state index contributed by atoms with van der Waals surface area (Å²) in [5.74, 6) is 0. The first-order valence-corrected chi connectivity index (χ1v) is 9.05. The number of hydrogen-bond acceptors (Lipinski definition) is 6. The van der Waals surface area contributed by atoms with Gasteiger partial charge < -0.3 is 0 Å². The van der Waals surface area contributed by atoms with E-state index in [1.165, 1.54) is 12.1 Å².